The van der Waals surface area contributed by atoms with Crippen molar-refractivity contribution in [2.24, 2.45) is 0 Å². The van der Waals surface area contributed by atoms with E-state index in [1.54, 1.807) is 0 Å². The van der Waals surface area contributed by atoms with Crippen LogP contribution in [0.3, 0.4) is 0 Å². The van der Waals surface area contributed by atoms with Crippen LogP contribution in [-0.4, -0.2) is 28.7 Å². The molecule has 0 spiro atoms. The second-order valence-corrected chi connectivity index (χ2v) is 18.4. The molecule has 0 bridgehead atoms. The van der Waals surface area contributed by atoms with Crippen LogP contribution in [0.1, 0.15) is 0 Å². The summed E-state index contributed by atoms with van der Waals surface area (Å²) >= 11 is 0. The van der Waals surface area contributed by atoms with E-state index < -0.39 is 0 Å². The molecule has 0 aliphatic rings. The fraction of sp³-hybridized carbons (Fsp3) is 0. The molecule has 8 heteroatoms. The van der Waals surface area contributed by atoms with Crippen molar-refractivity contribution in [3.05, 3.63) is 218 Å². The first kappa shape index (κ1) is 38.2. The molecule has 0 unspecified atom stereocenters. The number of hydrogen-bond donors (Lipinski definition) is 0. The van der Waals surface area contributed by atoms with Gasteiger partial charge in [-0.2, -0.15) is 9.97 Å². The van der Waals surface area contributed by atoms with Crippen LogP contribution in [0.15, 0.2) is 227 Å². The molecule has 0 N–H and O–H groups in total. The Morgan fingerprint density at radius 2 is 0.620 bits per heavy atom. The highest BCUT2D eigenvalue weighted by Gasteiger charge is 2.24. The molecule has 6 heterocycles. The zero-order valence-electron chi connectivity index (χ0n) is 37.8. The second kappa shape index (κ2) is 14.4. The minimum Gasteiger partial charge on any atom is -0.456 e. The summed E-state index contributed by atoms with van der Waals surface area (Å²) in [6, 6.07) is 76.9. The fourth-order valence-corrected chi connectivity index (χ4v) is 11.3. The largest absolute Gasteiger partial charge is 0.456 e. The Bertz CT molecular complexity index is 4580. The van der Waals surface area contributed by atoms with E-state index in [1.807, 2.05) is 60.7 Å². The first-order valence-corrected chi connectivity index (χ1v) is 23.8. The molecule has 16 rings (SSSR count). The van der Waals surface area contributed by atoms with Gasteiger partial charge in [-0.1, -0.05) is 133 Å². The van der Waals surface area contributed by atoms with Crippen LogP contribution in [0.25, 0.3) is 149 Å². The van der Waals surface area contributed by atoms with Gasteiger partial charge in [-0.3, -0.25) is 4.57 Å². The molecule has 0 radical (unpaired) electrons. The Morgan fingerprint density at radius 3 is 1.08 bits per heavy atom. The van der Waals surface area contributed by atoms with Crippen LogP contribution in [0.4, 0.5) is 0 Å². The molecule has 0 aliphatic carbocycles. The van der Waals surface area contributed by atoms with Crippen molar-refractivity contribution < 1.29 is 8.83 Å². The monoisotopic (exact) mass is 908 g/mol. The summed E-state index contributed by atoms with van der Waals surface area (Å²) in [4.78, 5) is 15.9. The number of hydrogen-bond acceptors (Lipinski definition) is 5. The molecule has 330 valence electrons. The summed E-state index contributed by atoms with van der Waals surface area (Å²) in [7, 11) is 0. The van der Waals surface area contributed by atoms with E-state index in [1.165, 1.54) is 0 Å². The van der Waals surface area contributed by atoms with E-state index in [0.29, 0.717) is 17.6 Å². The number of fused-ring (bicyclic) bond motifs is 15. The van der Waals surface area contributed by atoms with Gasteiger partial charge in [0, 0.05) is 76.4 Å². The van der Waals surface area contributed by atoms with Gasteiger partial charge in [-0.25, -0.2) is 4.98 Å². The Balaban J connectivity index is 1.04. The molecule has 6 aromatic heterocycles. The predicted octanol–water partition coefficient (Wildman–Crippen LogP) is 16.3. The van der Waals surface area contributed by atoms with E-state index >= 15 is 0 Å². The van der Waals surface area contributed by atoms with Crippen LogP contribution in [0.2, 0.25) is 0 Å². The smallest absolute Gasteiger partial charge is 0.238 e. The van der Waals surface area contributed by atoms with Gasteiger partial charge >= 0.3 is 0 Å². The number of rotatable bonds is 5. The summed E-state index contributed by atoms with van der Waals surface area (Å²) in [5.41, 5.74) is 13.8. The third-order valence-electron chi connectivity index (χ3n) is 14.5. The maximum Gasteiger partial charge on any atom is 0.238 e. The third kappa shape index (κ3) is 5.52. The van der Waals surface area contributed by atoms with E-state index in [0.717, 1.165) is 132 Å². The van der Waals surface area contributed by atoms with Gasteiger partial charge in [-0.15, -0.1) is 0 Å². The Labute approximate surface area is 403 Å². The minimum absolute atomic E-state index is 0.540. The quantitative estimate of drug-likeness (QED) is 0.172. The lowest BCUT2D eigenvalue weighted by Crippen LogP contribution is -2.06. The Morgan fingerprint density at radius 1 is 0.254 bits per heavy atom. The highest BCUT2D eigenvalue weighted by atomic mass is 16.3. The van der Waals surface area contributed by atoms with Gasteiger partial charge in [0.2, 0.25) is 5.95 Å². The lowest BCUT2D eigenvalue weighted by molar-refractivity contribution is 0.668. The molecule has 0 saturated heterocycles. The summed E-state index contributed by atoms with van der Waals surface area (Å²) in [6.45, 7) is 0. The van der Waals surface area contributed by atoms with Crippen LogP contribution in [-0.2, 0) is 0 Å². The molecule has 8 nitrogen and oxygen atoms in total. The van der Waals surface area contributed by atoms with Crippen LogP contribution in [0, 0.1) is 0 Å². The van der Waals surface area contributed by atoms with Crippen LogP contribution >= 0.6 is 0 Å². The minimum atomic E-state index is 0.540. The fourth-order valence-electron chi connectivity index (χ4n) is 11.3. The van der Waals surface area contributed by atoms with Gasteiger partial charge in [0.1, 0.15) is 22.3 Å². The van der Waals surface area contributed by atoms with Gasteiger partial charge in [-0.05, 0) is 84.9 Å². The lowest BCUT2D eigenvalue weighted by atomic mass is 10.1. The topological polar surface area (TPSA) is 79.7 Å². The van der Waals surface area contributed by atoms with Gasteiger partial charge in [0.25, 0.3) is 0 Å². The van der Waals surface area contributed by atoms with Crippen molar-refractivity contribution in [2.75, 3.05) is 0 Å². The third-order valence-corrected chi connectivity index (χ3v) is 14.5. The van der Waals surface area contributed by atoms with Crippen molar-refractivity contribution >= 4 is 109 Å². The summed E-state index contributed by atoms with van der Waals surface area (Å²) in [6.07, 6.45) is 0. The molecule has 10 aromatic carbocycles. The van der Waals surface area contributed by atoms with Crippen molar-refractivity contribution in [2.45, 2.75) is 0 Å². The normalized spacial score (nSPS) is 12.2. The second-order valence-electron chi connectivity index (χ2n) is 18.4. The van der Waals surface area contributed by atoms with E-state index in [-0.39, 0.29) is 0 Å². The zero-order chi connectivity index (χ0) is 46.3. The van der Waals surface area contributed by atoms with Crippen molar-refractivity contribution in [3.8, 4) is 40.1 Å². The van der Waals surface area contributed by atoms with E-state index in [4.69, 9.17) is 23.8 Å². The molecule has 0 aliphatic heterocycles. The lowest BCUT2D eigenvalue weighted by Gasteiger charge is -2.11. The molecule has 0 saturated carbocycles. The summed E-state index contributed by atoms with van der Waals surface area (Å²) in [5.74, 6) is 1.74. The van der Waals surface area contributed by atoms with Gasteiger partial charge in [0.15, 0.2) is 11.6 Å². The SMILES string of the molecule is c1ccc(-c2nc(-c3ccccc3)nc(-n3c4cc5c6ccccc6n(-c6ccc7oc8ccccc8c7c6)c5cc4c4cc5c(cc43)c3ccccc3n5-c3ccc4oc5ccccc5c4c3)n2)cc1. The Hall–Kier alpha value is -9.79. The first-order valence-electron chi connectivity index (χ1n) is 23.8. The average molecular weight is 909 g/mol. The van der Waals surface area contributed by atoms with Crippen molar-refractivity contribution in [3.63, 3.8) is 0 Å². The van der Waals surface area contributed by atoms with E-state index in [9.17, 15) is 0 Å². The first-order chi connectivity index (χ1) is 35.2. The highest BCUT2D eigenvalue weighted by Crippen LogP contribution is 2.44. The van der Waals surface area contributed by atoms with Gasteiger partial charge < -0.3 is 18.0 Å². The maximum atomic E-state index is 6.32. The van der Waals surface area contributed by atoms with Crippen LogP contribution < -0.4 is 0 Å². The number of nitrogens with zero attached hydrogens (tertiary/aromatic N) is 6. The Kier molecular flexibility index (Phi) is 7.73. The molecule has 71 heavy (non-hydrogen) atoms. The number of benzene rings is 10. The van der Waals surface area contributed by atoms with Crippen molar-refractivity contribution in [1.82, 2.24) is 28.7 Å². The molecular weight excluding hydrogens is 873 g/mol. The predicted molar refractivity (Wildman–Crippen MR) is 288 cm³/mol. The standard InChI is InChI=1S/C63H36N6O2/c1-3-15-37(16-4-1)61-64-62(38-17-5-2-6-18-38)66-63(65-61)69-55-33-45-41-19-7-11-23-51(41)67(39-27-29-59-49(31-39)43-21-9-13-25-57(43)70-59)53(45)35-47(55)48-36-54-46(34-56(48)69)42-20-8-12-24-52(42)68(54)40-28-30-60-50(32-40)44-22-10-14-26-58(44)71-60/h1-36H. The van der Waals surface area contributed by atoms with Crippen LogP contribution in [0.5, 0.6) is 0 Å². The maximum absolute atomic E-state index is 6.32. The number of para-hydroxylation sites is 4. The molecule has 0 fully saturated rings. The molecular formula is C63H36N6O2. The number of aromatic nitrogens is 6. The average Bonchev–Trinajstić information content (AvgIpc) is 4.23. The highest BCUT2D eigenvalue weighted by molar-refractivity contribution is 6.23. The van der Waals surface area contributed by atoms with E-state index in [2.05, 4.69) is 171 Å². The summed E-state index contributed by atoms with van der Waals surface area (Å²) in [5, 5.41) is 11.0. The molecule has 16 aromatic rings. The summed E-state index contributed by atoms with van der Waals surface area (Å²) < 4.78 is 19.7. The number of furan rings is 2. The zero-order valence-corrected chi connectivity index (χ0v) is 37.8. The molecule has 0 atom stereocenters. The van der Waals surface area contributed by atoms with Gasteiger partial charge in [0.05, 0.1) is 33.1 Å². The van der Waals surface area contributed by atoms with Crippen molar-refractivity contribution in [1.29, 1.82) is 0 Å². The molecule has 0 amide bonds.